The van der Waals surface area contributed by atoms with Crippen molar-refractivity contribution < 1.29 is 7.86 Å². The average Bonchev–Trinajstić information content (AvgIpc) is 2.51. The SMILES string of the molecule is CC(=O)OI(c1ccc(C(C)(C)C)cc1)c1ccc(C(C)(C)C)cc1. The predicted octanol–water partition coefficient (Wildman–Crippen LogP) is 6.31. The molecule has 0 aliphatic carbocycles. The molecule has 0 spiro atoms. The van der Waals surface area contributed by atoms with E-state index in [1.54, 1.807) is 0 Å². The van der Waals surface area contributed by atoms with Gasteiger partial charge in [-0.15, -0.1) is 0 Å². The van der Waals surface area contributed by atoms with Crippen LogP contribution in [0.2, 0.25) is 0 Å². The molecule has 0 amide bonds. The summed E-state index contributed by atoms with van der Waals surface area (Å²) in [6.07, 6.45) is 0. The molecule has 136 valence electrons. The zero-order chi connectivity index (χ0) is 18.8. The zero-order valence-electron chi connectivity index (χ0n) is 16.3. The third-order valence-electron chi connectivity index (χ3n) is 4.00. The molecule has 0 fully saturated rings. The van der Waals surface area contributed by atoms with Crippen LogP contribution in [0.25, 0.3) is 0 Å². The molecule has 3 heteroatoms. The first kappa shape index (κ1) is 20.0. The third kappa shape index (κ3) is 5.30. The van der Waals surface area contributed by atoms with E-state index >= 15 is 0 Å². The van der Waals surface area contributed by atoms with Crippen molar-refractivity contribution in [3.8, 4) is 0 Å². The summed E-state index contributed by atoms with van der Waals surface area (Å²) in [6.45, 7) is 14.7. The molecule has 0 atom stereocenters. The number of halogens is 1. The Labute approximate surface area is 159 Å². The zero-order valence-corrected chi connectivity index (χ0v) is 18.5. The van der Waals surface area contributed by atoms with Gasteiger partial charge in [-0.1, -0.05) is 0 Å². The van der Waals surface area contributed by atoms with Gasteiger partial charge in [-0.05, 0) is 0 Å². The van der Waals surface area contributed by atoms with Crippen LogP contribution in [0.3, 0.4) is 0 Å². The van der Waals surface area contributed by atoms with Gasteiger partial charge in [-0.2, -0.15) is 0 Å². The van der Waals surface area contributed by atoms with Crippen LogP contribution in [0.1, 0.15) is 59.6 Å². The third-order valence-corrected chi connectivity index (χ3v) is 8.76. The Hall–Kier alpha value is -1.36. The molecule has 0 unspecified atom stereocenters. The predicted molar refractivity (Wildman–Crippen MR) is 113 cm³/mol. The van der Waals surface area contributed by atoms with Gasteiger partial charge in [-0.3, -0.25) is 0 Å². The van der Waals surface area contributed by atoms with E-state index in [4.69, 9.17) is 3.07 Å². The van der Waals surface area contributed by atoms with Gasteiger partial charge in [0.05, 0.1) is 0 Å². The van der Waals surface area contributed by atoms with E-state index in [-0.39, 0.29) is 16.8 Å². The quantitative estimate of drug-likeness (QED) is 0.511. The van der Waals surface area contributed by atoms with Crippen molar-refractivity contribution in [1.82, 2.24) is 0 Å². The Kier molecular flexibility index (Phi) is 5.97. The normalized spacial score (nSPS) is 12.7. The molecule has 0 saturated heterocycles. The van der Waals surface area contributed by atoms with Crippen molar-refractivity contribution in [2.45, 2.75) is 59.3 Å². The van der Waals surface area contributed by atoms with Crippen molar-refractivity contribution in [1.29, 1.82) is 0 Å². The van der Waals surface area contributed by atoms with Gasteiger partial charge in [0.25, 0.3) is 0 Å². The summed E-state index contributed by atoms with van der Waals surface area (Å²) in [5.41, 5.74) is 2.82. The van der Waals surface area contributed by atoms with Gasteiger partial charge in [0.15, 0.2) is 0 Å². The van der Waals surface area contributed by atoms with Gasteiger partial charge >= 0.3 is 160 Å². The first-order valence-electron chi connectivity index (χ1n) is 8.58. The van der Waals surface area contributed by atoms with E-state index in [2.05, 4.69) is 90.1 Å². The molecule has 2 aromatic carbocycles. The maximum atomic E-state index is 11.7. The van der Waals surface area contributed by atoms with Crippen molar-refractivity contribution >= 4 is 26.2 Å². The molecule has 0 heterocycles. The standard InChI is InChI=1S/C22H29IO2/c1-16(24)25-23(19-12-8-17(9-13-19)21(2,3)4)20-14-10-18(11-15-20)22(5,6)7/h8-15H,1-7H3. The molecule has 0 N–H and O–H groups in total. The molecule has 2 aromatic rings. The molecule has 0 aromatic heterocycles. The second kappa shape index (κ2) is 7.48. The van der Waals surface area contributed by atoms with E-state index in [0.29, 0.717) is 0 Å². The molecule has 25 heavy (non-hydrogen) atoms. The summed E-state index contributed by atoms with van der Waals surface area (Å²) in [4.78, 5) is 11.7. The molecule has 2 rings (SSSR count). The fourth-order valence-electron chi connectivity index (χ4n) is 2.45. The van der Waals surface area contributed by atoms with Crippen molar-refractivity contribution in [3.05, 3.63) is 66.8 Å². The first-order valence-corrected chi connectivity index (χ1v) is 11.6. The monoisotopic (exact) mass is 452 g/mol. The van der Waals surface area contributed by atoms with Gasteiger partial charge in [0, 0.05) is 0 Å². The van der Waals surface area contributed by atoms with E-state index in [1.165, 1.54) is 18.1 Å². The van der Waals surface area contributed by atoms with Crippen LogP contribution in [0.4, 0.5) is 0 Å². The van der Waals surface area contributed by atoms with Crippen LogP contribution in [0, 0.1) is 7.14 Å². The summed E-state index contributed by atoms with van der Waals surface area (Å²) in [6, 6.07) is 17.2. The maximum absolute atomic E-state index is 11.7. The molecule has 0 bridgehead atoms. The fourth-order valence-corrected chi connectivity index (χ4v) is 6.33. The summed E-state index contributed by atoms with van der Waals surface area (Å²) in [5.74, 6) is -0.204. The van der Waals surface area contributed by atoms with E-state index < -0.39 is 20.2 Å². The molecule has 2 nitrogen and oxygen atoms in total. The van der Waals surface area contributed by atoms with Crippen LogP contribution in [0.15, 0.2) is 48.5 Å². The molecule has 0 aliphatic heterocycles. The van der Waals surface area contributed by atoms with E-state index in [1.807, 2.05) is 0 Å². The molecular formula is C22H29IO2. The second-order valence-corrected chi connectivity index (χ2v) is 12.7. The van der Waals surface area contributed by atoms with E-state index in [0.717, 1.165) is 7.14 Å². The molecular weight excluding hydrogens is 423 g/mol. The van der Waals surface area contributed by atoms with Crippen LogP contribution in [-0.2, 0) is 18.7 Å². The summed E-state index contributed by atoms with van der Waals surface area (Å²) in [5, 5.41) is 0. The van der Waals surface area contributed by atoms with Gasteiger partial charge < -0.3 is 0 Å². The van der Waals surface area contributed by atoms with Crippen LogP contribution >= 0.6 is 20.2 Å². The minimum atomic E-state index is -2.22. The number of carbonyl (C=O) groups is 1. The van der Waals surface area contributed by atoms with Crippen molar-refractivity contribution in [2.75, 3.05) is 0 Å². The van der Waals surface area contributed by atoms with Gasteiger partial charge in [-0.25, -0.2) is 0 Å². The Morgan fingerprint density at radius 3 is 1.28 bits per heavy atom. The summed E-state index contributed by atoms with van der Waals surface area (Å²) >= 11 is -2.22. The summed E-state index contributed by atoms with van der Waals surface area (Å²) < 4.78 is 8.09. The topological polar surface area (TPSA) is 26.3 Å². The number of rotatable bonds is 3. The number of benzene rings is 2. The molecule has 0 saturated carbocycles. The van der Waals surface area contributed by atoms with Crippen LogP contribution < -0.4 is 0 Å². The number of hydrogen-bond donors (Lipinski definition) is 0. The van der Waals surface area contributed by atoms with Gasteiger partial charge in [0.2, 0.25) is 0 Å². The Morgan fingerprint density at radius 2 is 1.04 bits per heavy atom. The Balaban J connectivity index is 2.38. The Bertz CT molecular complexity index is 659. The van der Waals surface area contributed by atoms with E-state index in [9.17, 15) is 4.79 Å². The number of hydrogen-bond acceptors (Lipinski definition) is 2. The molecule has 0 aliphatic rings. The summed E-state index contributed by atoms with van der Waals surface area (Å²) in [7, 11) is 0. The van der Waals surface area contributed by atoms with Crippen LogP contribution in [0.5, 0.6) is 0 Å². The van der Waals surface area contributed by atoms with Crippen molar-refractivity contribution in [3.63, 3.8) is 0 Å². The van der Waals surface area contributed by atoms with Crippen LogP contribution in [-0.4, -0.2) is 5.97 Å². The van der Waals surface area contributed by atoms with Gasteiger partial charge in [0.1, 0.15) is 0 Å². The first-order chi connectivity index (χ1) is 11.5. The average molecular weight is 452 g/mol. The molecule has 0 radical (unpaired) electrons. The second-order valence-electron chi connectivity index (χ2n) is 8.33. The Morgan fingerprint density at radius 1 is 0.720 bits per heavy atom. The number of carbonyl (C=O) groups excluding carboxylic acids is 1. The van der Waals surface area contributed by atoms with Crippen molar-refractivity contribution in [2.24, 2.45) is 0 Å². The fraction of sp³-hybridized carbons (Fsp3) is 0.409. The minimum absolute atomic E-state index is 0.118.